The second-order valence-corrected chi connectivity index (χ2v) is 10.8. The zero-order chi connectivity index (χ0) is 32.4. The van der Waals surface area contributed by atoms with Gasteiger partial charge < -0.3 is 31.1 Å². The molecule has 10 nitrogen and oxygen atoms in total. The van der Waals surface area contributed by atoms with Crippen molar-refractivity contribution in [3.63, 3.8) is 0 Å². The number of amides is 4. The van der Waals surface area contributed by atoms with E-state index in [-0.39, 0.29) is 13.0 Å². The highest BCUT2D eigenvalue weighted by Crippen LogP contribution is 2.27. The maximum atomic E-state index is 13.4. The van der Waals surface area contributed by atoms with Gasteiger partial charge in [-0.15, -0.1) is 0 Å². The van der Waals surface area contributed by atoms with Crippen LogP contribution in [0.1, 0.15) is 30.4 Å². The van der Waals surface area contributed by atoms with E-state index in [0.29, 0.717) is 19.4 Å². The van der Waals surface area contributed by atoms with Gasteiger partial charge in [-0.25, -0.2) is 4.79 Å². The number of nitrogens with one attached hydrogen (secondary N) is 4. The summed E-state index contributed by atoms with van der Waals surface area (Å²) >= 11 is 0. The number of rotatable bonds is 12. The lowest BCUT2D eigenvalue weighted by atomic mass is 9.89. The van der Waals surface area contributed by atoms with E-state index < -0.39 is 67.1 Å². The third kappa shape index (κ3) is 9.67. The Labute approximate surface area is 257 Å². The van der Waals surface area contributed by atoms with E-state index in [0.717, 1.165) is 21.9 Å². The highest BCUT2D eigenvalue weighted by molar-refractivity contribution is 5.91. The van der Waals surface area contributed by atoms with Crippen LogP contribution >= 0.6 is 0 Å². The lowest BCUT2D eigenvalue weighted by Crippen LogP contribution is -2.55. The predicted molar refractivity (Wildman–Crippen MR) is 159 cm³/mol. The lowest BCUT2D eigenvalue weighted by molar-refractivity contribution is -0.213. The minimum Gasteiger partial charge on any atom is -0.445 e. The largest absolute Gasteiger partial charge is 0.445 e. The van der Waals surface area contributed by atoms with Crippen LogP contribution in [0.15, 0.2) is 72.8 Å². The molecule has 0 spiro atoms. The van der Waals surface area contributed by atoms with Crippen LogP contribution in [-0.4, -0.2) is 66.4 Å². The van der Waals surface area contributed by atoms with Crippen LogP contribution < -0.4 is 21.3 Å². The predicted octanol–water partition coefficient (Wildman–Crippen LogP) is 3.12. The van der Waals surface area contributed by atoms with Crippen molar-refractivity contribution in [1.82, 2.24) is 21.3 Å². The summed E-state index contributed by atoms with van der Waals surface area (Å²) in [5.41, 5.74) is 1.45. The minimum absolute atomic E-state index is 0.0153. The number of alkyl halides is 3. The summed E-state index contributed by atoms with van der Waals surface area (Å²) in [7, 11) is 0. The molecule has 45 heavy (non-hydrogen) atoms. The quantitative estimate of drug-likeness (QED) is 0.209. The molecule has 1 unspecified atom stereocenters. The molecule has 4 amide bonds. The number of ether oxygens (including phenoxy) is 1. The number of carbonyl (C=O) groups is 4. The highest BCUT2D eigenvalue weighted by atomic mass is 19.4. The van der Waals surface area contributed by atoms with Gasteiger partial charge >= 0.3 is 12.3 Å². The van der Waals surface area contributed by atoms with Crippen LogP contribution in [0.25, 0.3) is 10.8 Å². The van der Waals surface area contributed by atoms with E-state index in [9.17, 15) is 37.5 Å². The third-order valence-electron chi connectivity index (χ3n) is 7.55. The molecule has 1 fully saturated rings. The SMILES string of the molecule is O=C(CNC(=O)[C@H](Cc1cccc2ccccc12)NC(=O)OCc1ccccc1)N[C@@H](C[C@@H]1CCCNC1=O)C(O)C(F)(F)F. The zero-order valence-corrected chi connectivity index (χ0v) is 24.3. The fourth-order valence-corrected chi connectivity index (χ4v) is 5.22. The van der Waals surface area contributed by atoms with Crippen molar-refractivity contribution in [3.05, 3.63) is 83.9 Å². The summed E-state index contributed by atoms with van der Waals surface area (Å²) in [6.45, 7) is -0.406. The highest BCUT2D eigenvalue weighted by Gasteiger charge is 2.45. The van der Waals surface area contributed by atoms with Gasteiger partial charge in [0.05, 0.1) is 12.6 Å². The lowest BCUT2D eigenvalue weighted by Gasteiger charge is -2.30. The topological polar surface area (TPSA) is 146 Å². The van der Waals surface area contributed by atoms with Crippen molar-refractivity contribution in [2.45, 2.75) is 56.7 Å². The van der Waals surface area contributed by atoms with Crippen LogP contribution in [0, 0.1) is 5.92 Å². The van der Waals surface area contributed by atoms with Gasteiger partial charge in [-0.05, 0) is 41.2 Å². The molecule has 0 aliphatic carbocycles. The maximum Gasteiger partial charge on any atom is 0.416 e. The Kier molecular flexibility index (Phi) is 11.4. The van der Waals surface area contributed by atoms with E-state index >= 15 is 0 Å². The number of piperidine rings is 1. The Morgan fingerprint density at radius 3 is 2.42 bits per heavy atom. The Morgan fingerprint density at radius 1 is 0.978 bits per heavy atom. The molecule has 0 radical (unpaired) electrons. The molecule has 240 valence electrons. The van der Waals surface area contributed by atoms with Crippen molar-refractivity contribution in [2.24, 2.45) is 5.92 Å². The summed E-state index contributed by atoms with van der Waals surface area (Å²) in [5, 5.41) is 21.3. The summed E-state index contributed by atoms with van der Waals surface area (Å²) in [4.78, 5) is 50.9. The molecule has 3 aromatic rings. The Hall–Kier alpha value is -4.65. The van der Waals surface area contributed by atoms with E-state index in [1.54, 1.807) is 36.4 Å². The molecule has 4 atom stereocenters. The molecular formula is C32H35F3N4O6. The average molecular weight is 629 g/mol. The van der Waals surface area contributed by atoms with Crippen LogP contribution in [0.2, 0.25) is 0 Å². The van der Waals surface area contributed by atoms with E-state index in [2.05, 4.69) is 21.3 Å². The average Bonchev–Trinajstić information content (AvgIpc) is 3.03. The van der Waals surface area contributed by atoms with Gasteiger partial charge in [-0.3, -0.25) is 14.4 Å². The minimum atomic E-state index is -5.06. The first-order chi connectivity index (χ1) is 21.5. The summed E-state index contributed by atoms with van der Waals surface area (Å²) in [6.07, 6.45) is -8.43. The third-order valence-corrected chi connectivity index (χ3v) is 7.55. The number of alkyl carbamates (subject to hydrolysis) is 1. The number of halogens is 3. The number of hydrogen-bond donors (Lipinski definition) is 5. The molecule has 5 N–H and O–H groups in total. The number of fused-ring (bicyclic) bond motifs is 1. The van der Waals surface area contributed by atoms with Gasteiger partial charge in [0.2, 0.25) is 17.7 Å². The van der Waals surface area contributed by atoms with Crippen LogP contribution in [0.3, 0.4) is 0 Å². The van der Waals surface area contributed by atoms with Crippen molar-refractivity contribution in [2.75, 3.05) is 13.1 Å². The molecule has 1 saturated heterocycles. The number of carbonyl (C=O) groups excluding carboxylic acids is 4. The van der Waals surface area contributed by atoms with Gasteiger partial charge in [0.1, 0.15) is 12.6 Å². The smallest absolute Gasteiger partial charge is 0.416 e. The van der Waals surface area contributed by atoms with Crippen molar-refractivity contribution in [3.8, 4) is 0 Å². The monoisotopic (exact) mass is 628 g/mol. The molecule has 0 saturated carbocycles. The maximum absolute atomic E-state index is 13.4. The number of benzene rings is 3. The van der Waals surface area contributed by atoms with Gasteiger partial charge in [0.15, 0.2) is 6.10 Å². The van der Waals surface area contributed by atoms with Gasteiger partial charge in [0.25, 0.3) is 0 Å². The number of aliphatic hydroxyl groups excluding tert-OH is 1. The fraction of sp³-hybridized carbons (Fsp3) is 0.375. The van der Waals surface area contributed by atoms with Gasteiger partial charge in [0, 0.05) is 18.9 Å². The molecular weight excluding hydrogens is 593 g/mol. The van der Waals surface area contributed by atoms with Crippen LogP contribution in [0.5, 0.6) is 0 Å². The first-order valence-corrected chi connectivity index (χ1v) is 14.5. The molecule has 1 aliphatic heterocycles. The fourth-order valence-electron chi connectivity index (χ4n) is 5.22. The molecule has 1 aliphatic rings. The van der Waals surface area contributed by atoms with E-state index in [1.807, 2.05) is 36.4 Å². The second kappa shape index (κ2) is 15.4. The van der Waals surface area contributed by atoms with Gasteiger partial charge in [-0.2, -0.15) is 13.2 Å². The summed E-state index contributed by atoms with van der Waals surface area (Å²) in [6, 6.07) is 18.8. The Bertz CT molecular complexity index is 1480. The molecule has 3 aromatic carbocycles. The number of hydrogen-bond acceptors (Lipinski definition) is 6. The zero-order valence-electron chi connectivity index (χ0n) is 24.3. The van der Waals surface area contributed by atoms with E-state index in [4.69, 9.17) is 4.74 Å². The van der Waals surface area contributed by atoms with Crippen LogP contribution in [-0.2, 0) is 32.1 Å². The first-order valence-electron chi connectivity index (χ1n) is 14.5. The molecule has 0 aromatic heterocycles. The Morgan fingerprint density at radius 2 is 1.69 bits per heavy atom. The standard InChI is InChI=1S/C32H35F3N4O6/c33-32(34,35)28(41)25(17-23-13-7-15-36-29(23)42)38-27(40)18-37-30(43)26(39-31(44)45-19-20-8-2-1-3-9-20)16-22-12-6-11-21-10-4-5-14-24(21)22/h1-6,8-12,14,23,25-26,28,41H,7,13,15-19H2,(H,36,42)(H,37,43)(H,38,40)(H,39,44)/t23-,25-,26-,28?/m0/s1. The van der Waals surface area contributed by atoms with Crippen molar-refractivity contribution in [1.29, 1.82) is 0 Å². The normalized spacial score (nSPS) is 17.0. The molecule has 4 rings (SSSR count). The van der Waals surface area contributed by atoms with Gasteiger partial charge in [-0.1, -0.05) is 72.8 Å². The molecule has 0 bridgehead atoms. The molecule has 13 heteroatoms. The van der Waals surface area contributed by atoms with Crippen LogP contribution in [0.4, 0.5) is 18.0 Å². The Balaban J connectivity index is 1.43. The van der Waals surface area contributed by atoms with Crippen molar-refractivity contribution >= 4 is 34.6 Å². The number of aliphatic hydroxyl groups is 1. The summed E-state index contributed by atoms with van der Waals surface area (Å²) < 4.78 is 45.5. The van der Waals surface area contributed by atoms with Crippen molar-refractivity contribution < 1.29 is 42.2 Å². The first kappa shape index (κ1) is 33.2. The second-order valence-electron chi connectivity index (χ2n) is 10.8. The molecule has 1 heterocycles. The van der Waals surface area contributed by atoms with E-state index in [1.165, 1.54) is 0 Å². The summed E-state index contributed by atoms with van der Waals surface area (Å²) in [5.74, 6) is -3.07.